The largest absolute Gasteiger partial charge is 0.118 e. The molecule has 0 N–H and O–H groups in total. The minimum atomic E-state index is 0.0613. The van der Waals surface area contributed by atoms with Gasteiger partial charge in [-0.1, -0.05) is 30.1 Å². The van der Waals surface area contributed by atoms with Crippen LogP contribution in [0.4, 0.5) is 0 Å². The molecule has 0 radical (unpaired) electrons. The van der Waals surface area contributed by atoms with E-state index in [4.69, 9.17) is 34.8 Å². The van der Waals surface area contributed by atoms with E-state index in [1.165, 1.54) is 5.56 Å². The van der Waals surface area contributed by atoms with Crippen LogP contribution >= 0.6 is 34.8 Å². The van der Waals surface area contributed by atoms with Crippen LogP contribution in [0.3, 0.4) is 0 Å². The van der Waals surface area contributed by atoms with Crippen molar-refractivity contribution in [1.82, 2.24) is 0 Å². The maximum Gasteiger partial charge on any atom is 0.0617 e. The van der Waals surface area contributed by atoms with Gasteiger partial charge in [0.05, 0.1) is 5.38 Å². The van der Waals surface area contributed by atoms with E-state index < -0.39 is 0 Å². The Kier molecular flexibility index (Phi) is 2.48. The molecule has 0 nitrogen and oxygen atoms in total. The van der Waals surface area contributed by atoms with Crippen molar-refractivity contribution in [3.8, 4) is 0 Å². The summed E-state index contributed by atoms with van der Waals surface area (Å²) in [4.78, 5) is 0. The fraction of sp³-hybridized carbons (Fsp3) is 0.400. The van der Waals surface area contributed by atoms with Crippen LogP contribution in [-0.2, 0) is 6.42 Å². The van der Waals surface area contributed by atoms with Gasteiger partial charge in [0.1, 0.15) is 0 Å². The molecule has 0 fully saturated rings. The third-order valence-corrected chi connectivity index (χ3v) is 3.74. The Morgan fingerprint density at radius 3 is 2.69 bits per heavy atom. The normalized spacial score (nSPS) is 26.2. The summed E-state index contributed by atoms with van der Waals surface area (Å²) in [6, 6.07) is 3.70. The first-order valence-electron chi connectivity index (χ1n) is 4.21. The van der Waals surface area contributed by atoms with Crippen LogP contribution in [0, 0.1) is 5.92 Å². The smallest absolute Gasteiger partial charge is 0.0617 e. The lowest BCUT2D eigenvalue weighted by molar-refractivity contribution is 0.609. The summed E-state index contributed by atoms with van der Waals surface area (Å²) < 4.78 is 0. The highest BCUT2D eigenvalue weighted by Gasteiger charge is 2.29. The highest BCUT2D eigenvalue weighted by atomic mass is 35.5. The average molecular weight is 236 g/mol. The van der Waals surface area contributed by atoms with Crippen LogP contribution in [0.25, 0.3) is 0 Å². The molecule has 1 aliphatic rings. The number of rotatable bonds is 0. The molecule has 3 heteroatoms. The Balaban J connectivity index is 2.57. The van der Waals surface area contributed by atoms with Crippen molar-refractivity contribution >= 4 is 34.8 Å². The molecule has 0 aromatic heterocycles. The number of alkyl halides is 1. The first-order valence-corrected chi connectivity index (χ1v) is 5.40. The monoisotopic (exact) mass is 234 g/mol. The highest BCUT2D eigenvalue weighted by molar-refractivity contribution is 6.35. The van der Waals surface area contributed by atoms with E-state index in [2.05, 4.69) is 6.92 Å². The summed E-state index contributed by atoms with van der Waals surface area (Å²) in [7, 11) is 0. The average Bonchev–Trinajstić information content (AvgIpc) is 2.32. The van der Waals surface area contributed by atoms with Crippen molar-refractivity contribution in [2.75, 3.05) is 0 Å². The maximum atomic E-state index is 6.22. The molecule has 2 atom stereocenters. The van der Waals surface area contributed by atoms with Gasteiger partial charge in [0.15, 0.2) is 0 Å². The summed E-state index contributed by atoms with van der Waals surface area (Å²) in [5.41, 5.74) is 2.27. The molecule has 0 saturated carbocycles. The van der Waals surface area contributed by atoms with E-state index in [1.54, 1.807) is 6.07 Å². The minimum absolute atomic E-state index is 0.0613. The molecule has 0 amide bonds. The zero-order valence-electron chi connectivity index (χ0n) is 7.15. The van der Waals surface area contributed by atoms with Gasteiger partial charge < -0.3 is 0 Å². The fourth-order valence-electron chi connectivity index (χ4n) is 1.82. The zero-order valence-corrected chi connectivity index (χ0v) is 9.42. The molecule has 0 aliphatic heterocycles. The molecule has 70 valence electrons. The second-order valence-electron chi connectivity index (χ2n) is 3.54. The van der Waals surface area contributed by atoms with E-state index in [0.717, 1.165) is 17.0 Å². The molecule has 1 aliphatic carbocycles. The zero-order chi connectivity index (χ0) is 9.59. The number of halogens is 3. The molecule has 1 aromatic rings. The Labute approximate surface area is 92.8 Å². The topological polar surface area (TPSA) is 0 Å². The van der Waals surface area contributed by atoms with Gasteiger partial charge in [0.25, 0.3) is 0 Å². The van der Waals surface area contributed by atoms with E-state index in [1.807, 2.05) is 6.07 Å². The minimum Gasteiger partial charge on any atom is -0.118 e. The molecular weight excluding hydrogens is 226 g/mol. The predicted octanol–water partition coefficient (Wildman–Crippen LogP) is 4.47. The summed E-state index contributed by atoms with van der Waals surface area (Å²) >= 11 is 18.2. The van der Waals surface area contributed by atoms with Gasteiger partial charge >= 0.3 is 0 Å². The number of fused-ring (bicyclic) bond motifs is 1. The van der Waals surface area contributed by atoms with Crippen LogP contribution in [0.15, 0.2) is 12.1 Å². The lowest BCUT2D eigenvalue weighted by atomic mass is 10.1. The second kappa shape index (κ2) is 3.34. The molecule has 2 rings (SSSR count). The fourth-order valence-corrected chi connectivity index (χ4v) is 2.69. The molecular formula is C10H9Cl3. The lowest BCUT2D eigenvalue weighted by Gasteiger charge is -2.06. The van der Waals surface area contributed by atoms with E-state index in [0.29, 0.717) is 10.9 Å². The third kappa shape index (κ3) is 1.56. The van der Waals surface area contributed by atoms with Crippen molar-refractivity contribution in [1.29, 1.82) is 0 Å². The molecule has 0 spiro atoms. The Morgan fingerprint density at radius 1 is 1.31 bits per heavy atom. The molecule has 2 unspecified atom stereocenters. The van der Waals surface area contributed by atoms with Crippen LogP contribution < -0.4 is 0 Å². The molecule has 1 aromatic carbocycles. The standard InChI is InChI=1S/C10H9Cl3/c1-5-2-7-8(10(5)13)3-6(11)4-9(7)12/h3-5,10H,2H2,1H3. The van der Waals surface area contributed by atoms with Gasteiger partial charge in [-0.05, 0) is 35.6 Å². The SMILES string of the molecule is CC1Cc2c(Cl)cc(Cl)cc2C1Cl. The molecule has 0 heterocycles. The summed E-state index contributed by atoms with van der Waals surface area (Å²) in [6.45, 7) is 2.13. The van der Waals surface area contributed by atoms with E-state index in [9.17, 15) is 0 Å². The predicted molar refractivity (Wildman–Crippen MR) is 57.9 cm³/mol. The van der Waals surface area contributed by atoms with Gasteiger partial charge in [-0.2, -0.15) is 0 Å². The van der Waals surface area contributed by atoms with E-state index in [-0.39, 0.29) is 5.38 Å². The third-order valence-electron chi connectivity index (χ3n) is 2.52. The van der Waals surface area contributed by atoms with Crippen molar-refractivity contribution < 1.29 is 0 Å². The summed E-state index contributed by atoms with van der Waals surface area (Å²) in [6.07, 6.45) is 0.958. The van der Waals surface area contributed by atoms with Gasteiger partial charge in [0, 0.05) is 10.0 Å². The Hall–Kier alpha value is 0.0900. The van der Waals surface area contributed by atoms with Crippen LogP contribution in [-0.4, -0.2) is 0 Å². The van der Waals surface area contributed by atoms with Crippen molar-refractivity contribution in [2.24, 2.45) is 5.92 Å². The van der Waals surface area contributed by atoms with Crippen LogP contribution in [0.1, 0.15) is 23.4 Å². The van der Waals surface area contributed by atoms with Gasteiger partial charge in [-0.3, -0.25) is 0 Å². The molecule has 0 saturated heterocycles. The van der Waals surface area contributed by atoms with Crippen molar-refractivity contribution in [3.05, 3.63) is 33.3 Å². The number of hydrogen-bond donors (Lipinski definition) is 0. The maximum absolute atomic E-state index is 6.22. The first-order chi connectivity index (χ1) is 6.09. The van der Waals surface area contributed by atoms with Crippen molar-refractivity contribution in [2.45, 2.75) is 18.7 Å². The lowest BCUT2D eigenvalue weighted by Crippen LogP contribution is -1.94. The quantitative estimate of drug-likeness (QED) is 0.582. The van der Waals surface area contributed by atoms with Gasteiger partial charge in [-0.25, -0.2) is 0 Å². The number of benzene rings is 1. The summed E-state index contributed by atoms with van der Waals surface area (Å²) in [5, 5.41) is 1.48. The Morgan fingerprint density at radius 2 is 2.00 bits per heavy atom. The second-order valence-corrected chi connectivity index (χ2v) is 4.85. The molecule has 0 bridgehead atoms. The van der Waals surface area contributed by atoms with Crippen LogP contribution in [0.5, 0.6) is 0 Å². The van der Waals surface area contributed by atoms with Gasteiger partial charge in [0.2, 0.25) is 0 Å². The number of hydrogen-bond acceptors (Lipinski definition) is 0. The van der Waals surface area contributed by atoms with Crippen LogP contribution in [0.2, 0.25) is 10.0 Å². The van der Waals surface area contributed by atoms with Crippen molar-refractivity contribution in [3.63, 3.8) is 0 Å². The van der Waals surface area contributed by atoms with Gasteiger partial charge in [-0.15, -0.1) is 11.6 Å². The molecule has 13 heavy (non-hydrogen) atoms. The highest BCUT2D eigenvalue weighted by Crippen LogP contribution is 2.44. The Bertz CT molecular complexity index is 346. The first kappa shape index (κ1) is 9.64. The summed E-state index contributed by atoms with van der Waals surface area (Å²) in [5.74, 6) is 0.452. The van der Waals surface area contributed by atoms with E-state index >= 15 is 0 Å².